The maximum Gasteiger partial charge on any atom is 0.159 e. The zero-order valence-corrected chi connectivity index (χ0v) is 12.6. The van der Waals surface area contributed by atoms with Gasteiger partial charge in [-0.05, 0) is 31.0 Å². The van der Waals surface area contributed by atoms with Gasteiger partial charge >= 0.3 is 0 Å². The van der Waals surface area contributed by atoms with Crippen LogP contribution in [0.25, 0.3) is 0 Å². The summed E-state index contributed by atoms with van der Waals surface area (Å²) < 4.78 is 5.35. The van der Waals surface area contributed by atoms with Crippen LogP contribution in [-0.2, 0) is 5.75 Å². The molecule has 1 rings (SSSR count). The van der Waals surface area contributed by atoms with Gasteiger partial charge in [-0.2, -0.15) is 11.8 Å². The molecule has 18 heavy (non-hydrogen) atoms. The Labute approximate surface area is 114 Å². The van der Waals surface area contributed by atoms with E-state index in [0.29, 0.717) is 11.2 Å². The van der Waals surface area contributed by atoms with Crippen molar-refractivity contribution in [3.8, 4) is 5.75 Å². The summed E-state index contributed by atoms with van der Waals surface area (Å²) in [4.78, 5) is 11.4. The molecule has 100 valence electrons. The molecule has 0 bridgehead atoms. The summed E-state index contributed by atoms with van der Waals surface area (Å²) in [5.41, 5.74) is 1.85. The average molecular weight is 266 g/mol. The second-order valence-corrected chi connectivity index (χ2v) is 6.21. The molecule has 3 heteroatoms. The number of benzene rings is 1. The molecule has 1 aromatic carbocycles. The Hall–Kier alpha value is -0.960. The van der Waals surface area contributed by atoms with Crippen molar-refractivity contribution in [3.63, 3.8) is 0 Å². The van der Waals surface area contributed by atoms with Crippen LogP contribution in [-0.4, -0.2) is 18.1 Å². The lowest BCUT2D eigenvalue weighted by atomic mass is 10.1. The lowest BCUT2D eigenvalue weighted by molar-refractivity contribution is 0.101. The third-order valence-electron chi connectivity index (χ3n) is 3.13. The highest BCUT2D eigenvalue weighted by Gasteiger charge is 2.11. The second kappa shape index (κ2) is 6.83. The molecule has 0 heterocycles. The Morgan fingerprint density at radius 3 is 2.50 bits per heavy atom. The molecular formula is C15H22O2S. The summed E-state index contributed by atoms with van der Waals surface area (Å²) in [5, 5.41) is 0.593. The monoisotopic (exact) mass is 266 g/mol. The molecule has 0 aliphatic carbocycles. The van der Waals surface area contributed by atoms with Crippen LogP contribution in [0.2, 0.25) is 0 Å². The van der Waals surface area contributed by atoms with Crippen molar-refractivity contribution in [3.05, 3.63) is 29.3 Å². The number of carbonyl (C=O) groups is 1. The van der Waals surface area contributed by atoms with Crippen LogP contribution in [0.3, 0.4) is 0 Å². The topological polar surface area (TPSA) is 26.3 Å². The van der Waals surface area contributed by atoms with Crippen LogP contribution in [0.4, 0.5) is 0 Å². The van der Waals surface area contributed by atoms with E-state index >= 15 is 0 Å². The smallest absolute Gasteiger partial charge is 0.159 e. The highest BCUT2D eigenvalue weighted by atomic mass is 32.2. The van der Waals surface area contributed by atoms with Crippen molar-refractivity contribution in [1.29, 1.82) is 0 Å². The molecule has 0 saturated heterocycles. The first-order valence-electron chi connectivity index (χ1n) is 6.25. The predicted molar refractivity (Wildman–Crippen MR) is 78.6 cm³/mol. The Bertz CT molecular complexity index is 413. The van der Waals surface area contributed by atoms with E-state index in [1.54, 1.807) is 14.0 Å². The normalized spacial score (nSPS) is 12.6. The zero-order valence-electron chi connectivity index (χ0n) is 11.8. The quantitative estimate of drug-likeness (QED) is 0.723. The van der Waals surface area contributed by atoms with Gasteiger partial charge in [0.2, 0.25) is 0 Å². The maximum absolute atomic E-state index is 11.4. The highest BCUT2D eigenvalue weighted by Crippen LogP contribution is 2.29. The van der Waals surface area contributed by atoms with Crippen molar-refractivity contribution in [2.75, 3.05) is 7.11 Å². The molecule has 0 fully saturated rings. The Morgan fingerprint density at radius 1 is 1.33 bits per heavy atom. The first-order chi connectivity index (χ1) is 8.45. The number of carbonyl (C=O) groups excluding carboxylic acids is 1. The fourth-order valence-electron chi connectivity index (χ4n) is 1.52. The lowest BCUT2D eigenvalue weighted by Gasteiger charge is -2.16. The number of ether oxygens (including phenoxy) is 1. The van der Waals surface area contributed by atoms with E-state index in [1.807, 2.05) is 30.0 Å². The van der Waals surface area contributed by atoms with Crippen LogP contribution >= 0.6 is 11.8 Å². The number of ketones is 1. The van der Waals surface area contributed by atoms with E-state index in [9.17, 15) is 4.79 Å². The Balaban J connectivity index is 2.84. The van der Waals surface area contributed by atoms with E-state index in [4.69, 9.17) is 4.74 Å². The molecule has 0 amide bonds. The van der Waals surface area contributed by atoms with Crippen LogP contribution < -0.4 is 4.74 Å². The molecule has 1 aromatic rings. The molecule has 0 aromatic heterocycles. The molecule has 0 aliphatic rings. The number of Topliss-reactive ketones (excluding diaryl/α,β-unsaturated/α-hetero) is 1. The summed E-state index contributed by atoms with van der Waals surface area (Å²) >= 11 is 1.90. The molecule has 0 radical (unpaired) electrons. The van der Waals surface area contributed by atoms with Crippen molar-refractivity contribution < 1.29 is 9.53 Å². The standard InChI is InChI=1S/C15H22O2S/c1-10(2)12(4)18-9-14-8-13(11(3)16)6-7-15(14)17-5/h6-8,10,12H,9H2,1-5H3. The van der Waals surface area contributed by atoms with E-state index < -0.39 is 0 Å². The molecule has 0 saturated carbocycles. The molecular weight excluding hydrogens is 244 g/mol. The molecule has 1 atom stereocenters. The Kier molecular flexibility index (Phi) is 5.73. The lowest BCUT2D eigenvalue weighted by Crippen LogP contribution is -2.06. The van der Waals surface area contributed by atoms with E-state index in [-0.39, 0.29) is 5.78 Å². The highest BCUT2D eigenvalue weighted by molar-refractivity contribution is 7.99. The minimum absolute atomic E-state index is 0.0980. The van der Waals surface area contributed by atoms with Crippen LogP contribution in [0, 0.1) is 5.92 Å². The fraction of sp³-hybridized carbons (Fsp3) is 0.533. The third-order valence-corrected chi connectivity index (χ3v) is 4.68. The average Bonchev–Trinajstić information content (AvgIpc) is 2.35. The van der Waals surface area contributed by atoms with Crippen molar-refractivity contribution in [2.24, 2.45) is 5.92 Å². The van der Waals surface area contributed by atoms with Crippen LogP contribution in [0.1, 0.15) is 43.6 Å². The van der Waals surface area contributed by atoms with Crippen LogP contribution in [0.15, 0.2) is 18.2 Å². The maximum atomic E-state index is 11.4. The SMILES string of the molecule is COc1ccc(C(C)=O)cc1CSC(C)C(C)C. The van der Waals surface area contributed by atoms with E-state index in [1.165, 1.54) is 0 Å². The Morgan fingerprint density at radius 2 is 2.00 bits per heavy atom. The molecule has 0 N–H and O–H groups in total. The number of hydrogen-bond acceptors (Lipinski definition) is 3. The van der Waals surface area contributed by atoms with Crippen molar-refractivity contribution in [1.82, 2.24) is 0 Å². The van der Waals surface area contributed by atoms with E-state index in [0.717, 1.165) is 22.6 Å². The van der Waals surface area contributed by atoms with Gasteiger partial charge in [0.1, 0.15) is 5.75 Å². The van der Waals surface area contributed by atoms with Crippen LogP contribution in [0.5, 0.6) is 5.75 Å². The van der Waals surface area contributed by atoms with Crippen molar-refractivity contribution in [2.45, 2.75) is 38.7 Å². The summed E-state index contributed by atoms with van der Waals surface area (Å²) in [5.74, 6) is 2.49. The summed E-state index contributed by atoms with van der Waals surface area (Å²) in [7, 11) is 1.67. The predicted octanol–water partition coefficient (Wildman–Crippen LogP) is 4.18. The van der Waals surface area contributed by atoms with Gasteiger partial charge in [0.25, 0.3) is 0 Å². The van der Waals surface area contributed by atoms with Gasteiger partial charge in [-0.25, -0.2) is 0 Å². The summed E-state index contributed by atoms with van der Waals surface area (Å²) in [6.45, 7) is 8.27. The number of thioether (sulfide) groups is 1. The van der Waals surface area contributed by atoms with Gasteiger partial charge in [0, 0.05) is 22.1 Å². The largest absolute Gasteiger partial charge is 0.496 e. The molecule has 0 spiro atoms. The van der Waals surface area contributed by atoms with Gasteiger partial charge in [-0.1, -0.05) is 20.8 Å². The fourth-order valence-corrected chi connectivity index (χ4v) is 2.58. The van der Waals surface area contributed by atoms with Gasteiger partial charge < -0.3 is 4.74 Å². The van der Waals surface area contributed by atoms with Crippen molar-refractivity contribution >= 4 is 17.5 Å². The third kappa shape index (κ3) is 4.05. The summed E-state index contributed by atoms with van der Waals surface area (Å²) in [6, 6.07) is 5.65. The first kappa shape index (κ1) is 15.1. The minimum Gasteiger partial charge on any atom is -0.496 e. The van der Waals surface area contributed by atoms with E-state index in [2.05, 4.69) is 20.8 Å². The van der Waals surface area contributed by atoms with Gasteiger partial charge in [0.05, 0.1) is 7.11 Å². The van der Waals surface area contributed by atoms with Gasteiger partial charge in [-0.15, -0.1) is 0 Å². The molecule has 2 nitrogen and oxygen atoms in total. The first-order valence-corrected chi connectivity index (χ1v) is 7.30. The molecule has 1 unspecified atom stereocenters. The number of hydrogen-bond donors (Lipinski definition) is 0. The van der Waals surface area contributed by atoms with Gasteiger partial charge in [-0.3, -0.25) is 4.79 Å². The van der Waals surface area contributed by atoms with Gasteiger partial charge in [0.15, 0.2) is 5.78 Å². The second-order valence-electron chi connectivity index (χ2n) is 4.84. The molecule has 0 aliphatic heterocycles. The zero-order chi connectivity index (χ0) is 13.7. The summed E-state index contributed by atoms with van der Waals surface area (Å²) in [6.07, 6.45) is 0. The number of methoxy groups -OCH3 is 1. The number of rotatable bonds is 6. The minimum atomic E-state index is 0.0980.